The number of nitrogens with two attached hydrogens (primary N) is 1. The Morgan fingerprint density at radius 1 is 1.35 bits per heavy atom. The first-order valence-corrected chi connectivity index (χ1v) is 7.78. The molecule has 4 heteroatoms. The van der Waals surface area contributed by atoms with Crippen molar-refractivity contribution < 1.29 is 4.79 Å². The SMILES string of the molecule is CC1CCC(CCNC(=O)c2c(N)cccc2Cl)CC1. The zero-order valence-electron chi connectivity index (χ0n) is 12.0. The molecule has 0 saturated heterocycles. The summed E-state index contributed by atoms with van der Waals surface area (Å²) in [7, 11) is 0. The van der Waals surface area contributed by atoms with E-state index in [2.05, 4.69) is 12.2 Å². The first-order valence-electron chi connectivity index (χ1n) is 7.40. The molecule has 0 aliphatic heterocycles. The highest BCUT2D eigenvalue weighted by atomic mass is 35.5. The highest BCUT2D eigenvalue weighted by Gasteiger charge is 2.19. The van der Waals surface area contributed by atoms with Crippen LogP contribution in [0.5, 0.6) is 0 Å². The van der Waals surface area contributed by atoms with Gasteiger partial charge < -0.3 is 11.1 Å². The lowest BCUT2D eigenvalue weighted by Crippen LogP contribution is -2.27. The maximum absolute atomic E-state index is 12.1. The second kappa shape index (κ2) is 6.98. The van der Waals surface area contributed by atoms with Crippen molar-refractivity contribution in [2.75, 3.05) is 12.3 Å². The molecule has 1 fully saturated rings. The van der Waals surface area contributed by atoms with Crippen LogP contribution in [-0.4, -0.2) is 12.5 Å². The fourth-order valence-corrected chi connectivity index (χ4v) is 3.14. The molecule has 1 aliphatic carbocycles. The summed E-state index contributed by atoms with van der Waals surface area (Å²) in [5.74, 6) is 1.44. The molecule has 1 amide bonds. The van der Waals surface area contributed by atoms with E-state index in [4.69, 9.17) is 17.3 Å². The molecule has 0 radical (unpaired) electrons. The van der Waals surface area contributed by atoms with Gasteiger partial charge in [0.2, 0.25) is 0 Å². The minimum atomic E-state index is -0.169. The van der Waals surface area contributed by atoms with Crippen molar-refractivity contribution in [2.24, 2.45) is 11.8 Å². The Morgan fingerprint density at radius 2 is 2.05 bits per heavy atom. The molecule has 1 aromatic rings. The van der Waals surface area contributed by atoms with Crippen LogP contribution in [0.1, 0.15) is 49.4 Å². The number of amides is 1. The molecule has 3 nitrogen and oxygen atoms in total. The molecule has 110 valence electrons. The van der Waals surface area contributed by atoms with Crippen molar-refractivity contribution in [1.29, 1.82) is 0 Å². The zero-order chi connectivity index (χ0) is 14.5. The van der Waals surface area contributed by atoms with Crippen molar-refractivity contribution in [1.82, 2.24) is 5.32 Å². The van der Waals surface area contributed by atoms with E-state index in [1.807, 2.05) is 0 Å². The van der Waals surface area contributed by atoms with Crippen LogP contribution in [0.2, 0.25) is 5.02 Å². The molecule has 3 N–H and O–H groups in total. The van der Waals surface area contributed by atoms with E-state index in [1.54, 1.807) is 18.2 Å². The Labute approximate surface area is 125 Å². The summed E-state index contributed by atoms with van der Waals surface area (Å²) in [6.45, 7) is 3.01. The number of carbonyl (C=O) groups is 1. The van der Waals surface area contributed by atoms with Crippen LogP contribution in [0.4, 0.5) is 5.69 Å². The molecule has 20 heavy (non-hydrogen) atoms. The van der Waals surface area contributed by atoms with Gasteiger partial charge in [0, 0.05) is 12.2 Å². The number of hydrogen-bond acceptors (Lipinski definition) is 2. The van der Waals surface area contributed by atoms with Crippen molar-refractivity contribution in [3.8, 4) is 0 Å². The smallest absolute Gasteiger partial charge is 0.254 e. The Morgan fingerprint density at radius 3 is 2.70 bits per heavy atom. The maximum atomic E-state index is 12.1. The molecule has 0 bridgehead atoms. The second-order valence-corrected chi connectivity index (χ2v) is 6.28. The fourth-order valence-electron chi connectivity index (χ4n) is 2.88. The Balaban J connectivity index is 1.81. The van der Waals surface area contributed by atoms with E-state index >= 15 is 0 Å². The summed E-state index contributed by atoms with van der Waals surface area (Å²) < 4.78 is 0. The first-order chi connectivity index (χ1) is 9.58. The molecular formula is C16H23ClN2O. The molecule has 0 aromatic heterocycles. The van der Waals surface area contributed by atoms with Gasteiger partial charge in [-0.1, -0.05) is 50.3 Å². The van der Waals surface area contributed by atoms with Crippen molar-refractivity contribution in [3.63, 3.8) is 0 Å². The summed E-state index contributed by atoms with van der Waals surface area (Å²) in [5.41, 5.74) is 6.63. The minimum absolute atomic E-state index is 0.169. The van der Waals surface area contributed by atoms with Crippen LogP contribution < -0.4 is 11.1 Å². The van der Waals surface area contributed by atoms with Crippen molar-refractivity contribution in [2.45, 2.75) is 39.0 Å². The van der Waals surface area contributed by atoms with E-state index in [9.17, 15) is 4.79 Å². The molecule has 0 spiro atoms. The van der Waals surface area contributed by atoms with Gasteiger partial charge in [-0.15, -0.1) is 0 Å². The van der Waals surface area contributed by atoms with Gasteiger partial charge in [0.1, 0.15) is 0 Å². The van der Waals surface area contributed by atoms with Gasteiger partial charge >= 0.3 is 0 Å². The molecule has 1 aromatic carbocycles. The summed E-state index contributed by atoms with van der Waals surface area (Å²) in [6.07, 6.45) is 6.24. The highest BCUT2D eigenvalue weighted by Crippen LogP contribution is 2.30. The molecule has 1 saturated carbocycles. The predicted octanol–water partition coefficient (Wildman–Crippen LogP) is 3.87. The van der Waals surface area contributed by atoms with Crippen LogP contribution >= 0.6 is 11.6 Å². The lowest BCUT2D eigenvalue weighted by Gasteiger charge is -2.26. The molecule has 1 aliphatic rings. The predicted molar refractivity (Wildman–Crippen MR) is 83.9 cm³/mol. The first kappa shape index (κ1) is 15.2. The van der Waals surface area contributed by atoms with Crippen LogP contribution in [0.15, 0.2) is 18.2 Å². The molecular weight excluding hydrogens is 272 g/mol. The van der Waals surface area contributed by atoms with Gasteiger partial charge in [-0.2, -0.15) is 0 Å². The third-order valence-electron chi connectivity index (χ3n) is 4.25. The minimum Gasteiger partial charge on any atom is -0.398 e. The van der Waals surface area contributed by atoms with Crippen LogP contribution in [0, 0.1) is 11.8 Å². The lowest BCUT2D eigenvalue weighted by molar-refractivity contribution is 0.0951. The van der Waals surface area contributed by atoms with Crippen LogP contribution in [-0.2, 0) is 0 Å². The zero-order valence-corrected chi connectivity index (χ0v) is 12.7. The Kier molecular flexibility index (Phi) is 5.30. The van der Waals surface area contributed by atoms with E-state index in [1.165, 1.54) is 25.7 Å². The summed E-state index contributed by atoms with van der Waals surface area (Å²) in [5, 5.41) is 3.35. The number of rotatable bonds is 4. The van der Waals surface area contributed by atoms with Crippen molar-refractivity contribution in [3.05, 3.63) is 28.8 Å². The van der Waals surface area contributed by atoms with Gasteiger partial charge in [0.05, 0.1) is 10.6 Å². The number of halogens is 1. The van der Waals surface area contributed by atoms with Gasteiger partial charge in [0.25, 0.3) is 5.91 Å². The maximum Gasteiger partial charge on any atom is 0.254 e. The van der Waals surface area contributed by atoms with Gasteiger partial charge in [0.15, 0.2) is 0 Å². The molecule has 0 atom stereocenters. The summed E-state index contributed by atoms with van der Waals surface area (Å²) >= 11 is 6.03. The van der Waals surface area contributed by atoms with Crippen LogP contribution in [0.25, 0.3) is 0 Å². The van der Waals surface area contributed by atoms with Gasteiger partial charge in [-0.3, -0.25) is 4.79 Å². The summed E-state index contributed by atoms with van der Waals surface area (Å²) in [4.78, 5) is 12.1. The highest BCUT2D eigenvalue weighted by molar-refractivity contribution is 6.34. The fraction of sp³-hybridized carbons (Fsp3) is 0.562. The Bertz CT molecular complexity index is 447. The largest absolute Gasteiger partial charge is 0.398 e. The second-order valence-electron chi connectivity index (χ2n) is 5.87. The third kappa shape index (κ3) is 3.89. The normalized spacial score (nSPS) is 22.5. The van der Waals surface area contributed by atoms with Crippen molar-refractivity contribution >= 4 is 23.2 Å². The lowest BCUT2D eigenvalue weighted by atomic mass is 9.81. The van der Waals surface area contributed by atoms with E-state index in [-0.39, 0.29) is 5.91 Å². The third-order valence-corrected chi connectivity index (χ3v) is 4.56. The van der Waals surface area contributed by atoms with Gasteiger partial charge in [-0.25, -0.2) is 0 Å². The number of nitrogens with one attached hydrogen (secondary N) is 1. The standard InChI is InChI=1S/C16H23ClN2O/c1-11-5-7-12(8-6-11)9-10-19-16(20)15-13(17)3-2-4-14(15)18/h2-4,11-12H,5-10,18H2,1H3,(H,19,20). The Hall–Kier alpha value is -1.22. The average molecular weight is 295 g/mol. The number of benzene rings is 1. The summed E-state index contributed by atoms with van der Waals surface area (Å²) in [6, 6.07) is 5.14. The molecule has 0 heterocycles. The topological polar surface area (TPSA) is 55.1 Å². The number of anilines is 1. The number of carbonyl (C=O) groups excluding carboxylic acids is 1. The quantitative estimate of drug-likeness (QED) is 0.828. The van der Waals surface area contributed by atoms with E-state index in [0.29, 0.717) is 22.8 Å². The number of nitrogen functional groups attached to an aromatic ring is 1. The molecule has 0 unspecified atom stereocenters. The average Bonchev–Trinajstić information content (AvgIpc) is 2.41. The molecule has 2 rings (SSSR count). The van der Waals surface area contributed by atoms with Gasteiger partial charge in [-0.05, 0) is 30.4 Å². The number of hydrogen-bond donors (Lipinski definition) is 2. The van der Waals surface area contributed by atoms with Crippen LogP contribution in [0.3, 0.4) is 0 Å². The van der Waals surface area contributed by atoms with E-state index in [0.717, 1.165) is 18.3 Å². The van der Waals surface area contributed by atoms with E-state index < -0.39 is 0 Å². The monoisotopic (exact) mass is 294 g/mol.